The van der Waals surface area contributed by atoms with Crippen LogP contribution in [0.2, 0.25) is 0 Å². The number of halogens is 1. The first-order valence-electron chi connectivity index (χ1n) is 9.73. The van der Waals surface area contributed by atoms with Crippen molar-refractivity contribution in [2.75, 3.05) is 38.1 Å². The molecule has 1 aliphatic heterocycles. The van der Waals surface area contributed by atoms with Gasteiger partial charge in [0.2, 0.25) is 10.0 Å². The van der Waals surface area contributed by atoms with E-state index in [2.05, 4.69) is 5.32 Å². The summed E-state index contributed by atoms with van der Waals surface area (Å²) in [6.45, 7) is 2.02. The van der Waals surface area contributed by atoms with Gasteiger partial charge < -0.3 is 10.2 Å². The fourth-order valence-corrected chi connectivity index (χ4v) is 4.94. The molecule has 0 saturated carbocycles. The van der Waals surface area contributed by atoms with E-state index in [1.54, 1.807) is 42.3 Å². The topological polar surface area (TPSA) is 69.7 Å². The Hall–Kier alpha value is -2.45. The van der Waals surface area contributed by atoms with Crippen molar-refractivity contribution in [3.63, 3.8) is 0 Å². The third kappa shape index (κ3) is 5.13. The molecule has 29 heavy (non-hydrogen) atoms. The van der Waals surface area contributed by atoms with Crippen LogP contribution in [0.1, 0.15) is 29.6 Å². The maximum absolute atomic E-state index is 13.8. The fraction of sp³-hybridized carbons (Fsp3) is 0.381. The molecule has 1 fully saturated rings. The molecule has 1 heterocycles. The fourth-order valence-electron chi connectivity index (χ4n) is 3.38. The summed E-state index contributed by atoms with van der Waals surface area (Å²) >= 11 is 0. The van der Waals surface area contributed by atoms with Gasteiger partial charge in [-0.3, -0.25) is 4.79 Å². The predicted octanol–water partition coefficient (Wildman–Crippen LogP) is 2.87. The summed E-state index contributed by atoms with van der Waals surface area (Å²) in [4.78, 5) is 14.4. The average Bonchev–Trinajstić information content (AvgIpc) is 3.27. The molecule has 0 radical (unpaired) electrons. The molecule has 3 rings (SSSR count). The maximum Gasteiger partial charge on any atom is 0.251 e. The van der Waals surface area contributed by atoms with E-state index in [9.17, 15) is 17.6 Å². The van der Waals surface area contributed by atoms with Crippen molar-refractivity contribution < 1.29 is 17.6 Å². The van der Waals surface area contributed by atoms with Crippen LogP contribution >= 0.6 is 0 Å². The van der Waals surface area contributed by atoms with Crippen LogP contribution in [-0.4, -0.2) is 51.9 Å². The molecule has 0 atom stereocenters. The number of benzene rings is 2. The van der Waals surface area contributed by atoms with Crippen LogP contribution in [0.15, 0.2) is 53.4 Å². The number of anilines is 1. The summed E-state index contributed by atoms with van der Waals surface area (Å²) in [5.41, 5.74) is 0.825. The van der Waals surface area contributed by atoms with E-state index in [0.29, 0.717) is 43.9 Å². The standard InChI is InChI=1S/C21H26FN3O3S/c1-24(20-11-3-2-10-19(20)22)13-7-12-23-21(26)17-8-6-9-18(16-17)29(27,28)25-14-4-5-15-25/h2-3,6,8-11,16H,4-5,7,12-15H2,1H3,(H,23,26). The maximum atomic E-state index is 13.8. The molecule has 0 spiro atoms. The molecule has 0 bridgehead atoms. The number of carbonyl (C=O) groups excluding carboxylic acids is 1. The highest BCUT2D eigenvalue weighted by atomic mass is 32.2. The van der Waals surface area contributed by atoms with Crippen LogP contribution in [0.25, 0.3) is 0 Å². The molecular weight excluding hydrogens is 393 g/mol. The second kappa shape index (κ2) is 9.37. The first kappa shape index (κ1) is 21.3. The highest BCUT2D eigenvalue weighted by molar-refractivity contribution is 7.89. The van der Waals surface area contributed by atoms with Gasteiger partial charge in [0.05, 0.1) is 10.6 Å². The third-order valence-electron chi connectivity index (χ3n) is 5.02. The molecule has 1 saturated heterocycles. The van der Waals surface area contributed by atoms with E-state index < -0.39 is 10.0 Å². The number of carbonyl (C=O) groups is 1. The van der Waals surface area contributed by atoms with Crippen molar-refractivity contribution in [2.24, 2.45) is 0 Å². The minimum absolute atomic E-state index is 0.145. The van der Waals surface area contributed by atoms with Crippen LogP contribution in [0.3, 0.4) is 0 Å². The number of amides is 1. The van der Waals surface area contributed by atoms with Crippen LogP contribution in [0.5, 0.6) is 0 Å². The number of hydrogen-bond donors (Lipinski definition) is 1. The molecule has 8 heteroatoms. The van der Waals surface area contributed by atoms with Crippen molar-refractivity contribution in [1.82, 2.24) is 9.62 Å². The molecule has 1 aliphatic rings. The molecule has 1 N–H and O–H groups in total. The SMILES string of the molecule is CN(CCCNC(=O)c1cccc(S(=O)(=O)N2CCCC2)c1)c1ccccc1F. The normalized spacial score (nSPS) is 14.7. The lowest BCUT2D eigenvalue weighted by Crippen LogP contribution is -2.29. The van der Waals surface area contributed by atoms with Crippen LogP contribution in [0.4, 0.5) is 10.1 Å². The Balaban J connectivity index is 1.54. The molecule has 2 aromatic carbocycles. The number of nitrogens with zero attached hydrogens (tertiary/aromatic N) is 2. The number of sulfonamides is 1. The van der Waals surface area contributed by atoms with Crippen molar-refractivity contribution >= 4 is 21.6 Å². The van der Waals surface area contributed by atoms with Gasteiger partial charge in [0.15, 0.2) is 0 Å². The van der Waals surface area contributed by atoms with E-state index in [0.717, 1.165) is 12.8 Å². The zero-order valence-electron chi connectivity index (χ0n) is 16.5. The summed E-state index contributed by atoms with van der Waals surface area (Å²) < 4.78 is 40.6. The van der Waals surface area contributed by atoms with Gasteiger partial charge in [0.1, 0.15) is 5.82 Å². The van der Waals surface area contributed by atoms with Gasteiger partial charge in [-0.25, -0.2) is 12.8 Å². The zero-order chi connectivity index (χ0) is 20.9. The molecular formula is C21H26FN3O3S. The van der Waals surface area contributed by atoms with Gasteiger partial charge >= 0.3 is 0 Å². The summed E-state index contributed by atoms with van der Waals surface area (Å²) in [5.74, 6) is -0.605. The summed E-state index contributed by atoms with van der Waals surface area (Å²) in [6, 6.07) is 12.7. The minimum atomic E-state index is -3.55. The lowest BCUT2D eigenvalue weighted by Gasteiger charge is -2.20. The molecule has 0 aromatic heterocycles. The van der Waals surface area contributed by atoms with Crippen molar-refractivity contribution in [3.8, 4) is 0 Å². The van der Waals surface area contributed by atoms with Gasteiger partial charge in [-0.05, 0) is 49.6 Å². The smallest absolute Gasteiger partial charge is 0.251 e. The predicted molar refractivity (Wildman–Crippen MR) is 111 cm³/mol. The Kier molecular flexibility index (Phi) is 6.87. The highest BCUT2D eigenvalue weighted by Crippen LogP contribution is 2.21. The Labute approximate surface area is 171 Å². The lowest BCUT2D eigenvalue weighted by molar-refractivity contribution is 0.0953. The Morgan fingerprint density at radius 1 is 1.14 bits per heavy atom. The quantitative estimate of drug-likeness (QED) is 0.668. The monoisotopic (exact) mass is 419 g/mol. The zero-order valence-corrected chi connectivity index (χ0v) is 17.3. The van der Waals surface area contributed by atoms with Crippen molar-refractivity contribution in [1.29, 1.82) is 0 Å². The summed E-state index contributed by atoms with van der Waals surface area (Å²) in [6.07, 6.45) is 2.35. The minimum Gasteiger partial charge on any atom is -0.372 e. The second-order valence-corrected chi connectivity index (χ2v) is 9.06. The highest BCUT2D eigenvalue weighted by Gasteiger charge is 2.27. The van der Waals surface area contributed by atoms with Crippen LogP contribution in [-0.2, 0) is 10.0 Å². The molecule has 2 aromatic rings. The number of nitrogens with one attached hydrogen (secondary N) is 1. The molecule has 156 valence electrons. The third-order valence-corrected chi connectivity index (χ3v) is 6.91. The van der Waals surface area contributed by atoms with Gasteiger partial charge in [0.25, 0.3) is 5.91 Å². The van der Waals surface area contributed by atoms with Gasteiger partial charge in [-0.2, -0.15) is 4.31 Å². The van der Waals surface area contributed by atoms with Crippen LogP contribution < -0.4 is 10.2 Å². The number of rotatable bonds is 8. The van der Waals surface area contributed by atoms with E-state index >= 15 is 0 Å². The molecule has 1 amide bonds. The summed E-state index contributed by atoms with van der Waals surface area (Å²) in [7, 11) is -1.76. The van der Waals surface area contributed by atoms with Crippen LogP contribution in [0, 0.1) is 5.82 Å². The molecule has 0 aliphatic carbocycles. The Morgan fingerprint density at radius 2 is 1.86 bits per heavy atom. The Morgan fingerprint density at radius 3 is 2.59 bits per heavy atom. The first-order valence-corrected chi connectivity index (χ1v) is 11.2. The largest absolute Gasteiger partial charge is 0.372 e. The van der Waals surface area contributed by atoms with E-state index in [4.69, 9.17) is 0 Å². The van der Waals surface area contributed by atoms with Gasteiger partial charge in [-0.1, -0.05) is 18.2 Å². The van der Waals surface area contributed by atoms with Crippen molar-refractivity contribution in [2.45, 2.75) is 24.2 Å². The van der Waals surface area contributed by atoms with E-state index in [-0.39, 0.29) is 16.6 Å². The van der Waals surface area contributed by atoms with Crippen molar-refractivity contribution in [3.05, 3.63) is 59.9 Å². The first-order chi connectivity index (χ1) is 13.9. The van der Waals surface area contributed by atoms with E-state index in [1.807, 2.05) is 0 Å². The van der Waals surface area contributed by atoms with Gasteiger partial charge in [0, 0.05) is 38.8 Å². The van der Waals surface area contributed by atoms with E-state index in [1.165, 1.54) is 22.5 Å². The number of hydrogen-bond acceptors (Lipinski definition) is 4. The molecule has 0 unspecified atom stereocenters. The molecule has 6 nitrogen and oxygen atoms in total. The average molecular weight is 420 g/mol. The number of para-hydroxylation sites is 1. The second-order valence-electron chi connectivity index (χ2n) is 7.12. The summed E-state index contributed by atoms with van der Waals surface area (Å²) in [5, 5.41) is 2.80. The Bertz CT molecular complexity index is 959. The lowest BCUT2D eigenvalue weighted by atomic mass is 10.2. The van der Waals surface area contributed by atoms with Gasteiger partial charge in [-0.15, -0.1) is 0 Å².